The van der Waals surface area contributed by atoms with Gasteiger partial charge in [-0.3, -0.25) is 39.2 Å². The van der Waals surface area contributed by atoms with Gasteiger partial charge < -0.3 is 25.7 Å². The number of fused-ring (bicyclic) bond motifs is 2. The summed E-state index contributed by atoms with van der Waals surface area (Å²) in [6.07, 6.45) is 1.07. The van der Waals surface area contributed by atoms with E-state index in [1.54, 1.807) is 51.2 Å². The summed E-state index contributed by atoms with van der Waals surface area (Å²) in [6, 6.07) is 11.0. The summed E-state index contributed by atoms with van der Waals surface area (Å²) in [5.74, 6) is -1.95. The van der Waals surface area contributed by atoms with Crippen molar-refractivity contribution in [1.29, 1.82) is 0 Å². The summed E-state index contributed by atoms with van der Waals surface area (Å²) in [7, 11) is 0. The maximum absolute atomic E-state index is 13.4. The van der Waals surface area contributed by atoms with Crippen molar-refractivity contribution >= 4 is 57.6 Å². The minimum absolute atomic E-state index is 0.0698. The number of amides is 4. The number of rotatable bonds is 13. The van der Waals surface area contributed by atoms with E-state index in [2.05, 4.69) is 30.8 Å². The number of anilines is 2. The highest BCUT2D eigenvalue weighted by atomic mass is 16.3. The van der Waals surface area contributed by atoms with Gasteiger partial charge in [0.15, 0.2) is 0 Å². The number of aromatic hydroxyl groups is 1. The van der Waals surface area contributed by atoms with Crippen LogP contribution in [0.5, 0.6) is 5.75 Å². The number of carbonyl (C=O) groups is 4. The van der Waals surface area contributed by atoms with Crippen LogP contribution in [0.1, 0.15) is 79.8 Å². The third kappa shape index (κ3) is 6.72. The van der Waals surface area contributed by atoms with Crippen LogP contribution in [0, 0.1) is 13.8 Å². The Morgan fingerprint density at radius 3 is 1.76 bits per heavy atom. The Morgan fingerprint density at radius 1 is 0.706 bits per heavy atom. The van der Waals surface area contributed by atoms with E-state index in [9.17, 15) is 24.3 Å². The van der Waals surface area contributed by atoms with Crippen LogP contribution < -0.4 is 22.1 Å². The number of primary amides is 2. The monoisotopic (exact) mass is 694 g/mol. The van der Waals surface area contributed by atoms with E-state index in [0.717, 1.165) is 0 Å². The molecule has 0 saturated carbocycles. The summed E-state index contributed by atoms with van der Waals surface area (Å²) in [4.78, 5) is 59.8. The molecule has 264 valence electrons. The lowest BCUT2D eigenvalue weighted by Gasteiger charge is -2.13. The molecule has 0 unspecified atom stereocenters. The Morgan fingerprint density at radius 2 is 1.22 bits per heavy atom. The van der Waals surface area contributed by atoms with E-state index in [0.29, 0.717) is 78.3 Å². The Balaban J connectivity index is 1.29. The molecule has 0 fully saturated rings. The first kappa shape index (κ1) is 34.3. The van der Waals surface area contributed by atoms with E-state index in [-0.39, 0.29) is 40.2 Å². The second-order valence-corrected chi connectivity index (χ2v) is 12.1. The number of aryl methyl sites for hydroxylation is 6. The number of nitrogens with zero attached hydrogens (tertiary/aromatic N) is 8. The minimum atomic E-state index is -0.734. The van der Waals surface area contributed by atoms with E-state index in [1.807, 2.05) is 25.3 Å². The van der Waals surface area contributed by atoms with Crippen LogP contribution in [0.25, 0.3) is 22.1 Å². The molecule has 4 heterocycles. The first-order valence-electron chi connectivity index (χ1n) is 16.4. The number of phenolic OH excluding ortho intramolecular Hbond substituents is 1. The van der Waals surface area contributed by atoms with Gasteiger partial charge in [-0.2, -0.15) is 10.2 Å². The number of nitrogens with one attached hydrogen (secondary N) is 2. The van der Waals surface area contributed by atoms with Gasteiger partial charge >= 0.3 is 0 Å². The molecule has 0 aliphatic rings. The zero-order chi connectivity index (χ0) is 36.6. The first-order chi connectivity index (χ1) is 24.4. The second-order valence-electron chi connectivity index (χ2n) is 12.1. The molecule has 6 rings (SSSR count). The molecule has 2 aromatic carbocycles. The number of carbonyl (C=O) groups excluding carboxylic acids is 4. The molecule has 0 aliphatic heterocycles. The molecule has 6 aromatic rings. The Kier molecular flexibility index (Phi) is 9.27. The summed E-state index contributed by atoms with van der Waals surface area (Å²) in [5, 5.41) is 25.5. The summed E-state index contributed by atoms with van der Waals surface area (Å²) in [5.41, 5.74) is 15.2. The lowest BCUT2D eigenvalue weighted by atomic mass is 10.1. The number of imidazole rings is 2. The van der Waals surface area contributed by atoms with E-state index in [1.165, 1.54) is 12.1 Å². The zero-order valence-corrected chi connectivity index (χ0v) is 28.6. The predicted octanol–water partition coefficient (Wildman–Crippen LogP) is 3.32. The van der Waals surface area contributed by atoms with Gasteiger partial charge in [-0.25, -0.2) is 9.97 Å². The predicted molar refractivity (Wildman–Crippen MR) is 189 cm³/mol. The minimum Gasteiger partial charge on any atom is -0.506 e. The van der Waals surface area contributed by atoms with Crippen LogP contribution in [0.3, 0.4) is 0 Å². The maximum Gasteiger partial charge on any atom is 0.276 e. The molecule has 4 amide bonds. The van der Waals surface area contributed by atoms with Gasteiger partial charge in [0.25, 0.3) is 11.8 Å². The molecule has 4 aromatic heterocycles. The van der Waals surface area contributed by atoms with Crippen molar-refractivity contribution in [1.82, 2.24) is 38.7 Å². The lowest BCUT2D eigenvalue weighted by Crippen LogP contribution is -2.20. The fourth-order valence-corrected chi connectivity index (χ4v) is 6.12. The molecule has 0 saturated heterocycles. The van der Waals surface area contributed by atoms with Crippen molar-refractivity contribution in [2.75, 3.05) is 10.6 Å². The van der Waals surface area contributed by atoms with Gasteiger partial charge in [-0.15, -0.1) is 0 Å². The van der Waals surface area contributed by atoms with Crippen LogP contribution in [0.2, 0.25) is 0 Å². The Hall–Kier alpha value is -6.52. The lowest BCUT2D eigenvalue weighted by molar-refractivity contribution is 0.0992. The van der Waals surface area contributed by atoms with Gasteiger partial charge in [0.05, 0.1) is 27.9 Å². The smallest absolute Gasteiger partial charge is 0.276 e. The van der Waals surface area contributed by atoms with E-state index >= 15 is 0 Å². The third-order valence-corrected chi connectivity index (χ3v) is 8.47. The highest BCUT2D eigenvalue weighted by molar-refractivity contribution is 6.05. The number of hydrogen-bond donors (Lipinski definition) is 5. The highest BCUT2D eigenvalue weighted by Crippen LogP contribution is 2.31. The highest BCUT2D eigenvalue weighted by Gasteiger charge is 2.22. The number of nitrogens with two attached hydrogens (primary N) is 2. The van der Waals surface area contributed by atoms with Crippen LogP contribution in [0.15, 0.2) is 42.5 Å². The van der Waals surface area contributed by atoms with Crippen LogP contribution in [-0.4, -0.2) is 67.4 Å². The van der Waals surface area contributed by atoms with Crippen LogP contribution >= 0.6 is 0 Å². The number of hydrogen-bond acceptors (Lipinski definition) is 9. The van der Waals surface area contributed by atoms with Crippen molar-refractivity contribution in [3.8, 4) is 5.75 Å². The quantitative estimate of drug-likeness (QED) is 0.111. The number of benzene rings is 2. The van der Waals surface area contributed by atoms with Crippen LogP contribution in [0.4, 0.5) is 11.9 Å². The standard InChI is InChI=1S/C34H38N12O5/c1-5-45-25(13-18(3)41-45)31(50)39-33-37-22-15-20(29(35)48)9-10-24(22)43(33)11-7-8-12-44-28-23(16-21(30(36)49)17-27(28)47)38-34(44)40-32(51)26-14-19(4)42-46(26)6-2/h9-10,13-17,47H,5-8,11-12H2,1-4H3,(H2,35,48)(H2,36,49)(H,37,39,50)(H,38,40,51). The second kappa shape index (κ2) is 13.8. The van der Waals surface area contributed by atoms with Gasteiger partial charge in [-0.05, 0) is 83.0 Å². The van der Waals surface area contributed by atoms with Crippen molar-refractivity contribution in [2.45, 2.75) is 66.7 Å². The molecule has 0 bridgehead atoms. The molecule has 0 radical (unpaired) electrons. The molecule has 0 aliphatic carbocycles. The molecule has 17 nitrogen and oxygen atoms in total. The number of unbranched alkanes of at least 4 members (excludes halogenated alkanes) is 1. The summed E-state index contributed by atoms with van der Waals surface area (Å²) in [6.45, 7) is 9.05. The Labute approximate surface area is 291 Å². The van der Waals surface area contributed by atoms with Crippen molar-refractivity contribution < 1.29 is 24.3 Å². The third-order valence-electron chi connectivity index (χ3n) is 8.47. The first-order valence-corrected chi connectivity index (χ1v) is 16.4. The molecule has 0 spiro atoms. The fourth-order valence-electron chi connectivity index (χ4n) is 6.12. The molecule has 7 N–H and O–H groups in total. The molecular formula is C34H38N12O5. The topological polar surface area (TPSA) is 236 Å². The molecule has 51 heavy (non-hydrogen) atoms. The van der Waals surface area contributed by atoms with Crippen molar-refractivity contribution in [2.24, 2.45) is 11.5 Å². The van der Waals surface area contributed by atoms with E-state index in [4.69, 9.17) is 11.5 Å². The number of phenols is 1. The van der Waals surface area contributed by atoms with Gasteiger partial charge in [0.2, 0.25) is 23.7 Å². The maximum atomic E-state index is 13.4. The Bertz CT molecular complexity index is 2340. The van der Waals surface area contributed by atoms with Gasteiger partial charge in [-0.1, -0.05) is 0 Å². The fraction of sp³-hybridized carbons (Fsp3) is 0.294. The summed E-state index contributed by atoms with van der Waals surface area (Å²) < 4.78 is 6.70. The largest absolute Gasteiger partial charge is 0.506 e. The van der Waals surface area contributed by atoms with Crippen molar-refractivity contribution in [3.63, 3.8) is 0 Å². The van der Waals surface area contributed by atoms with Crippen LogP contribution in [-0.2, 0) is 26.2 Å². The van der Waals surface area contributed by atoms with Gasteiger partial charge in [0.1, 0.15) is 22.7 Å². The molecular weight excluding hydrogens is 656 g/mol. The van der Waals surface area contributed by atoms with E-state index < -0.39 is 17.7 Å². The van der Waals surface area contributed by atoms with Crippen molar-refractivity contribution in [3.05, 3.63) is 76.4 Å². The number of aromatic nitrogens is 8. The molecule has 17 heteroatoms. The average molecular weight is 695 g/mol. The SMILES string of the molecule is CCn1nc(C)cc1C(=O)Nc1nc2cc(C(N)=O)ccc2n1CCCCn1c(NC(=O)c2cc(C)nn2CC)nc2cc(C(N)=O)cc(O)c21. The average Bonchev–Trinajstić information content (AvgIpc) is 3.85. The van der Waals surface area contributed by atoms with Gasteiger partial charge in [0, 0.05) is 37.3 Å². The summed E-state index contributed by atoms with van der Waals surface area (Å²) >= 11 is 0. The molecule has 0 atom stereocenters. The normalized spacial score (nSPS) is 11.4. The zero-order valence-electron chi connectivity index (χ0n) is 28.6.